The molecule has 0 fully saturated rings. The Morgan fingerprint density at radius 1 is 1.00 bits per heavy atom. The van der Waals surface area contributed by atoms with Gasteiger partial charge in [0.2, 0.25) is 5.82 Å². The van der Waals surface area contributed by atoms with Gasteiger partial charge in [0.25, 0.3) is 5.89 Å². The zero-order chi connectivity index (χ0) is 14.1. The van der Waals surface area contributed by atoms with Crippen LogP contribution in [0.3, 0.4) is 0 Å². The maximum absolute atomic E-state index is 5.75. The molecule has 5 heteroatoms. The van der Waals surface area contributed by atoms with Crippen molar-refractivity contribution >= 4 is 11.6 Å². The van der Waals surface area contributed by atoms with Gasteiger partial charge in [-0.15, -0.1) is 0 Å². The molecule has 4 nitrogen and oxygen atoms in total. The van der Waals surface area contributed by atoms with E-state index in [2.05, 4.69) is 29.0 Å². The normalized spacial score (nSPS) is 10.8. The molecule has 0 aliphatic heterocycles. The SMILES string of the molecule is Cc1ccc(-c2noc(-c3ccc(Cl)nc3)n2)cc1C. The van der Waals surface area contributed by atoms with E-state index in [9.17, 15) is 0 Å². The molecule has 20 heavy (non-hydrogen) atoms. The number of rotatable bonds is 2. The number of hydrogen-bond donors (Lipinski definition) is 0. The van der Waals surface area contributed by atoms with Crippen LogP contribution in [-0.4, -0.2) is 15.1 Å². The third kappa shape index (κ3) is 2.42. The maximum Gasteiger partial charge on any atom is 0.259 e. The minimum Gasteiger partial charge on any atom is -0.334 e. The summed E-state index contributed by atoms with van der Waals surface area (Å²) in [5.74, 6) is 1.00. The average Bonchev–Trinajstić information content (AvgIpc) is 2.92. The first-order chi connectivity index (χ1) is 9.63. The molecular formula is C15H12ClN3O. The van der Waals surface area contributed by atoms with Crippen LogP contribution in [0.4, 0.5) is 0 Å². The molecule has 0 unspecified atom stereocenters. The van der Waals surface area contributed by atoms with Crippen LogP contribution in [0.2, 0.25) is 5.15 Å². The van der Waals surface area contributed by atoms with E-state index in [0.29, 0.717) is 16.9 Å². The monoisotopic (exact) mass is 285 g/mol. The molecule has 1 aromatic carbocycles. The van der Waals surface area contributed by atoms with Crippen LogP contribution in [0.1, 0.15) is 11.1 Å². The van der Waals surface area contributed by atoms with Crippen molar-refractivity contribution in [2.45, 2.75) is 13.8 Å². The third-order valence-electron chi connectivity index (χ3n) is 3.17. The molecule has 0 radical (unpaired) electrons. The van der Waals surface area contributed by atoms with Crippen molar-refractivity contribution in [1.29, 1.82) is 0 Å². The van der Waals surface area contributed by atoms with Crippen LogP contribution >= 0.6 is 11.6 Å². The summed E-state index contributed by atoms with van der Waals surface area (Å²) < 4.78 is 5.27. The first-order valence-electron chi connectivity index (χ1n) is 6.17. The minimum atomic E-state index is 0.433. The number of benzene rings is 1. The first-order valence-corrected chi connectivity index (χ1v) is 6.54. The van der Waals surface area contributed by atoms with Crippen molar-refractivity contribution in [3.8, 4) is 22.8 Å². The summed E-state index contributed by atoms with van der Waals surface area (Å²) in [6, 6.07) is 9.56. The van der Waals surface area contributed by atoms with E-state index in [4.69, 9.17) is 16.1 Å². The molecule has 0 spiro atoms. The first kappa shape index (κ1) is 12.8. The van der Waals surface area contributed by atoms with E-state index >= 15 is 0 Å². The van der Waals surface area contributed by atoms with Crippen molar-refractivity contribution in [2.24, 2.45) is 0 Å². The summed E-state index contributed by atoms with van der Waals surface area (Å²) in [6.45, 7) is 4.13. The van der Waals surface area contributed by atoms with E-state index in [0.717, 1.165) is 11.1 Å². The number of pyridine rings is 1. The minimum absolute atomic E-state index is 0.433. The zero-order valence-corrected chi connectivity index (χ0v) is 11.8. The summed E-state index contributed by atoms with van der Waals surface area (Å²) >= 11 is 5.75. The van der Waals surface area contributed by atoms with Gasteiger partial charge in [-0.05, 0) is 43.2 Å². The van der Waals surface area contributed by atoms with Crippen molar-refractivity contribution in [3.63, 3.8) is 0 Å². The van der Waals surface area contributed by atoms with E-state index < -0.39 is 0 Å². The van der Waals surface area contributed by atoms with Gasteiger partial charge in [-0.2, -0.15) is 4.98 Å². The Kier molecular flexibility index (Phi) is 3.24. The third-order valence-corrected chi connectivity index (χ3v) is 3.39. The van der Waals surface area contributed by atoms with Crippen LogP contribution in [0, 0.1) is 13.8 Å². The van der Waals surface area contributed by atoms with Crippen LogP contribution in [-0.2, 0) is 0 Å². The Morgan fingerprint density at radius 2 is 1.80 bits per heavy atom. The van der Waals surface area contributed by atoms with Gasteiger partial charge < -0.3 is 4.52 Å². The average molecular weight is 286 g/mol. The highest BCUT2D eigenvalue weighted by molar-refractivity contribution is 6.29. The lowest BCUT2D eigenvalue weighted by molar-refractivity contribution is 0.432. The van der Waals surface area contributed by atoms with E-state index in [1.54, 1.807) is 18.3 Å². The summed E-state index contributed by atoms with van der Waals surface area (Å²) in [5, 5.41) is 4.44. The molecule has 0 aliphatic carbocycles. The van der Waals surface area contributed by atoms with Gasteiger partial charge >= 0.3 is 0 Å². The maximum atomic E-state index is 5.75. The number of nitrogens with zero attached hydrogens (tertiary/aromatic N) is 3. The van der Waals surface area contributed by atoms with Crippen LogP contribution in [0.15, 0.2) is 41.1 Å². The van der Waals surface area contributed by atoms with Crippen molar-refractivity contribution in [1.82, 2.24) is 15.1 Å². The Labute approximate surface area is 121 Å². The van der Waals surface area contributed by atoms with Crippen molar-refractivity contribution in [2.75, 3.05) is 0 Å². The number of aromatic nitrogens is 3. The molecular weight excluding hydrogens is 274 g/mol. The number of aryl methyl sites for hydroxylation is 2. The van der Waals surface area contributed by atoms with Gasteiger partial charge in [0.15, 0.2) is 0 Å². The fourth-order valence-electron chi connectivity index (χ4n) is 1.84. The lowest BCUT2D eigenvalue weighted by Crippen LogP contribution is -1.85. The highest BCUT2D eigenvalue weighted by Gasteiger charge is 2.11. The highest BCUT2D eigenvalue weighted by atomic mass is 35.5. The molecule has 3 rings (SSSR count). The van der Waals surface area contributed by atoms with E-state index in [1.165, 1.54) is 11.1 Å². The molecule has 100 valence electrons. The topological polar surface area (TPSA) is 51.8 Å². The second-order valence-electron chi connectivity index (χ2n) is 4.59. The Bertz CT molecular complexity index is 750. The summed E-state index contributed by atoms with van der Waals surface area (Å²) in [4.78, 5) is 8.39. The highest BCUT2D eigenvalue weighted by Crippen LogP contribution is 2.23. The van der Waals surface area contributed by atoms with Gasteiger partial charge in [-0.25, -0.2) is 4.98 Å². The fraction of sp³-hybridized carbons (Fsp3) is 0.133. The van der Waals surface area contributed by atoms with Crippen LogP contribution < -0.4 is 0 Å². The van der Waals surface area contributed by atoms with Gasteiger partial charge in [0, 0.05) is 11.8 Å². The second kappa shape index (κ2) is 5.06. The van der Waals surface area contributed by atoms with E-state index in [-0.39, 0.29) is 0 Å². The van der Waals surface area contributed by atoms with Crippen LogP contribution in [0.25, 0.3) is 22.8 Å². The predicted molar refractivity (Wildman–Crippen MR) is 77.4 cm³/mol. The van der Waals surface area contributed by atoms with Crippen LogP contribution in [0.5, 0.6) is 0 Å². The zero-order valence-electron chi connectivity index (χ0n) is 11.1. The number of halogens is 1. The van der Waals surface area contributed by atoms with E-state index in [1.807, 2.05) is 18.2 Å². The molecule has 0 saturated heterocycles. The quantitative estimate of drug-likeness (QED) is 0.666. The van der Waals surface area contributed by atoms with Crippen molar-refractivity contribution in [3.05, 3.63) is 52.8 Å². The predicted octanol–water partition coefficient (Wildman–Crippen LogP) is 4.07. The van der Waals surface area contributed by atoms with Gasteiger partial charge in [-0.3, -0.25) is 0 Å². The lowest BCUT2D eigenvalue weighted by atomic mass is 10.1. The molecule has 3 aromatic rings. The molecule has 2 heterocycles. The molecule has 0 N–H and O–H groups in total. The standard InChI is InChI=1S/C15H12ClN3O/c1-9-3-4-11(7-10(9)2)14-18-15(20-19-14)12-5-6-13(16)17-8-12/h3-8H,1-2H3. The Morgan fingerprint density at radius 3 is 2.50 bits per heavy atom. The van der Waals surface area contributed by atoms with Gasteiger partial charge in [-0.1, -0.05) is 28.9 Å². The van der Waals surface area contributed by atoms with Gasteiger partial charge in [0.05, 0.1) is 5.56 Å². The Balaban J connectivity index is 1.97. The smallest absolute Gasteiger partial charge is 0.259 e. The Hall–Kier alpha value is -2.20. The van der Waals surface area contributed by atoms with Crippen molar-refractivity contribution < 1.29 is 4.52 Å². The molecule has 0 atom stereocenters. The summed E-state index contributed by atoms with van der Waals surface area (Å²) in [5.41, 5.74) is 4.11. The molecule has 2 aromatic heterocycles. The number of hydrogen-bond acceptors (Lipinski definition) is 4. The van der Waals surface area contributed by atoms with Gasteiger partial charge in [0.1, 0.15) is 5.15 Å². The summed E-state index contributed by atoms with van der Waals surface area (Å²) in [6.07, 6.45) is 1.61. The molecule has 0 saturated carbocycles. The second-order valence-corrected chi connectivity index (χ2v) is 4.98. The molecule has 0 aliphatic rings. The molecule has 0 bridgehead atoms. The lowest BCUT2D eigenvalue weighted by Gasteiger charge is -2.00. The summed E-state index contributed by atoms with van der Waals surface area (Å²) in [7, 11) is 0. The molecule has 0 amide bonds. The largest absolute Gasteiger partial charge is 0.334 e. The fourth-order valence-corrected chi connectivity index (χ4v) is 1.95.